The van der Waals surface area contributed by atoms with Gasteiger partial charge in [-0.05, 0) is 19.1 Å². The van der Waals surface area contributed by atoms with Crippen molar-refractivity contribution in [2.24, 2.45) is 11.0 Å². The maximum absolute atomic E-state index is 12.9. The van der Waals surface area contributed by atoms with Crippen LogP contribution in [0.2, 0.25) is 0 Å². The summed E-state index contributed by atoms with van der Waals surface area (Å²) in [5.74, 6) is -3.41. The van der Waals surface area contributed by atoms with Gasteiger partial charge in [0.2, 0.25) is 5.60 Å². The van der Waals surface area contributed by atoms with Gasteiger partial charge in [-0.1, -0.05) is 42.5 Å². The highest BCUT2D eigenvalue weighted by Crippen LogP contribution is 2.39. The third-order valence-corrected chi connectivity index (χ3v) is 4.72. The second-order valence-electron chi connectivity index (χ2n) is 6.11. The van der Waals surface area contributed by atoms with Gasteiger partial charge >= 0.3 is 0 Å². The fraction of sp³-hybridized carbons (Fsp3) is 0.158. The maximum Gasteiger partial charge on any atom is 0.286 e. The fourth-order valence-corrected chi connectivity index (χ4v) is 3.39. The number of benzene rings is 2. The van der Waals surface area contributed by atoms with Crippen molar-refractivity contribution < 1.29 is 19.5 Å². The number of Topliss-reactive ketones (excluding diaryl/α,β-unsaturated/α-hetero) is 2. The first-order valence-corrected chi connectivity index (χ1v) is 7.81. The molecule has 0 bridgehead atoms. The van der Waals surface area contributed by atoms with E-state index in [9.17, 15) is 19.5 Å². The molecular weight excluding hydrogens is 320 g/mol. The fourth-order valence-electron chi connectivity index (χ4n) is 3.39. The average molecular weight is 334 g/mol. The smallest absolute Gasteiger partial charge is 0.286 e. The molecule has 2 aliphatic rings. The molecule has 2 aromatic carbocycles. The number of hydrazone groups is 1. The van der Waals surface area contributed by atoms with Crippen molar-refractivity contribution in [3.63, 3.8) is 0 Å². The molecule has 0 fully saturated rings. The summed E-state index contributed by atoms with van der Waals surface area (Å²) in [4.78, 5) is 38.4. The number of para-hydroxylation sites is 1. The molecule has 0 spiro atoms. The summed E-state index contributed by atoms with van der Waals surface area (Å²) < 4.78 is 0. The van der Waals surface area contributed by atoms with Crippen molar-refractivity contribution in [2.45, 2.75) is 12.5 Å². The summed E-state index contributed by atoms with van der Waals surface area (Å²) in [5, 5.41) is 16.3. The summed E-state index contributed by atoms with van der Waals surface area (Å²) in [6.07, 6.45) is 0. The van der Waals surface area contributed by atoms with Gasteiger partial charge in [-0.3, -0.25) is 14.4 Å². The van der Waals surface area contributed by atoms with E-state index in [0.29, 0.717) is 5.69 Å². The molecule has 4 rings (SSSR count). The monoisotopic (exact) mass is 334 g/mol. The molecule has 25 heavy (non-hydrogen) atoms. The Morgan fingerprint density at radius 2 is 1.44 bits per heavy atom. The predicted octanol–water partition coefficient (Wildman–Crippen LogP) is 1.84. The number of fused-ring (bicyclic) bond motifs is 1. The zero-order chi connectivity index (χ0) is 17.8. The lowest BCUT2D eigenvalue weighted by atomic mass is 9.80. The van der Waals surface area contributed by atoms with E-state index in [4.69, 9.17) is 0 Å². The van der Waals surface area contributed by atoms with Crippen LogP contribution in [0, 0.1) is 5.92 Å². The first-order valence-electron chi connectivity index (χ1n) is 7.81. The Hall–Kier alpha value is -3.12. The molecule has 1 atom stereocenters. The van der Waals surface area contributed by atoms with Gasteiger partial charge in [0.1, 0.15) is 5.92 Å². The number of hydrogen-bond acceptors (Lipinski definition) is 5. The second kappa shape index (κ2) is 5.19. The third kappa shape index (κ3) is 1.94. The van der Waals surface area contributed by atoms with E-state index in [2.05, 4.69) is 5.10 Å². The van der Waals surface area contributed by atoms with E-state index >= 15 is 0 Å². The number of carbonyl (C=O) groups excluding carboxylic acids is 3. The SMILES string of the molecule is CC1=NN(c2ccccc2)C(=O)[C@]1(O)C1C(=O)c2ccccc2C1=O. The Bertz CT molecular complexity index is 916. The summed E-state index contributed by atoms with van der Waals surface area (Å²) in [6, 6.07) is 14.9. The zero-order valence-corrected chi connectivity index (χ0v) is 13.3. The van der Waals surface area contributed by atoms with E-state index in [-0.39, 0.29) is 16.8 Å². The maximum atomic E-state index is 12.9. The Morgan fingerprint density at radius 3 is 2.00 bits per heavy atom. The van der Waals surface area contributed by atoms with Crippen LogP contribution < -0.4 is 5.01 Å². The molecule has 1 N–H and O–H groups in total. The Morgan fingerprint density at radius 1 is 0.920 bits per heavy atom. The standard InChI is InChI=1S/C19H14N2O4/c1-11-19(25,18(24)21(20-11)12-7-3-2-4-8-12)15-16(22)13-9-5-6-10-14(13)17(15)23/h2-10,15,25H,1H3/t19-/m1/s1. The minimum absolute atomic E-state index is 0.0286. The molecule has 1 aliphatic carbocycles. The minimum Gasteiger partial charge on any atom is -0.373 e. The number of rotatable bonds is 2. The molecule has 1 amide bonds. The first kappa shape index (κ1) is 15.4. The highest BCUT2D eigenvalue weighted by Gasteiger charge is 2.61. The highest BCUT2D eigenvalue weighted by atomic mass is 16.3. The number of ketones is 2. The summed E-state index contributed by atoms with van der Waals surface area (Å²) >= 11 is 0. The van der Waals surface area contributed by atoms with Crippen molar-refractivity contribution in [1.29, 1.82) is 0 Å². The molecule has 0 saturated carbocycles. The van der Waals surface area contributed by atoms with Gasteiger partial charge in [0.25, 0.3) is 5.91 Å². The van der Waals surface area contributed by atoms with Crippen LogP contribution in [0.15, 0.2) is 59.7 Å². The summed E-state index contributed by atoms with van der Waals surface area (Å²) in [6.45, 7) is 1.45. The lowest BCUT2D eigenvalue weighted by molar-refractivity contribution is -0.131. The molecule has 6 heteroatoms. The van der Waals surface area contributed by atoms with Crippen molar-refractivity contribution in [1.82, 2.24) is 0 Å². The Kier molecular flexibility index (Phi) is 3.20. The molecular formula is C19H14N2O4. The van der Waals surface area contributed by atoms with Gasteiger partial charge in [-0.15, -0.1) is 0 Å². The first-order chi connectivity index (χ1) is 12.0. The van der Waals surface area contributed by atoms with Gasteiger partial charge < -0.3 is 5.11 Å². The lowest BCUT2D eigenvalue weighted by Crippen LogP contribution is -2.55. The van der Waals surface area contributed by atoms with Crippen LogP contribution in [-0.4, -0.2) is 33.9 Å². The van der Waals surface area contributed by atoms with Gasteiger partial charge in [0.15, 0.2) is 11.6 Å². The van der Waals surface area contributed by atoms with Crippen molar-refractivity contribution >= 4 is 28.9 Å². The highest BCUT2D eigenvalue weighted by molar-refractivity contribution is 6.35. The molecule has 0 saturated heterocycles. The van der Waals surface area contributed by atoms with Gasteiger partial charge in [0.05, 0.1) is 11.4 Å². The average Bonchev–Trinajstić information content (AvgIpc) is 3.02. The Labute approximate surface area is 143 Å². The van der Waals surface area contributed by atoms with Gasteiger partial charge in [0, 0.05) is 11.1 Å². The van der Waals surface area contributed by atoms with Crippen molar-refractivity contribution in [3.8, 4) is 0 Å². The van der Waals surface area contributed by atoms with Crippen LogP contribution in [0.3, 0.4) is 0 Å². The number of carbonyl (C=O) groups is 3. The van der Waals surface area contributed by atoms with E-state index < -0.39 is 29.0 Å². The third-order valence-electron chi connectivity index (χ3n) is 4.72. The normalized spacial score (nSPS) is 23.2. The molecule has 0 unspecified atom stereocenters. The summed E-state index contributed by atoms with van der Waals surface area (Å²) in [7, 11) is 0. The van der Waals surface area contributed by atoms with E-state index in [0.717, 1.165) is 5.01 Å². The van der Waals surface area contributed by atoms with Crippen LogP contribution >= 0.6 is 0 Å². The largest absolute Gasteiger partial charge is 0.373 e. The molecule has 0 radical (unpaired) electrons. The van der Waals surface area contributed by atoms with Crippen LogP contribution in [0.4, 0.5) is 5.69 Å². The molecule has 2 aromatic rings. The number of amides is 1. The van der Waals surface area contributed by atoms with Crippen LogP contribution in [0.1, 0.15) is 27.6 Å². The molecule has 6 nitrogen and oxygen atoms in total. The number of hydrogen-bond donors (Lipinski definition) is 1. The van der Waals surface area contributed by atoms with E-state index in [1.165, 1.54) is 19.1 Å². The van der Waals surface area contributed by atoms with Crippen LogP contribution in [-0.2, 0) is 4.79 Å². The van der Waals surface area contributed by atoms with Crippen molar-refractivity contribution in [3.05, 3.63) is 65.7 Å². The number of nitrogens with zero attached hydrogens (tertiary/aromatic N) is 2. The van der Waals surface area contributed by atoms with Crippen molar-refractivity contribution in [2.75, 3.05) is 5.01 Å². The molecule has 124 valence electrons. The lowest BCUT2D eigenvalue weighted by Gasteiger charge is -2.26. The molecule has 1 aliphatic heterocycles. The predicted molar refractivity (Wildman–Crippen MR) is 90.6 cm³/mol. The van der Waals surface area contributed by atoms with Gasteiger partial charge in [-0.25, -0.2) is 0 Å². The van der Waals surface area contributed by atoms with E-state index in [1.54, 1.807) is 42.5 Å². The Balaban J connectivity index is 1.79. The summed E-state index contributed by atoms with van der Waals surface area (Å²) in [5.41, 5.74) is -1.34. The van der Waals surface area contributed by atoms with E-state index in [1.807, 2.05) is 0 Å². The van der Waals surface area contributed by atoms with Crippen LogP contribution in [0.5, 0.6) is 0 Å². The minimum atomic E-state index is -2.27. The quantitative estimate of drug-likeness (QED) is 0.849. The number of anilines is 1. The number of aliphatic hydroxyl groups is 1. The molecule has 0 aromatic heterocycles. The second-order valence-corrected chi connectivity index (χ2v) is 6.11. The van der Waals surface area contributed by atoms with Crippen LogP contribution in [0.25, 0.3) is 0 Å². The molecule has 1 heterocycles. The van der Waals surface area contributed by atoms with Gasteiger partial charge in [-0.2, -0.15) is 10.1 Å². The topological polar surface area (TPSA) is 87.0 Å². The zero-order valence-electron chi connectivity index (χ0n) is 13.3.